The molecule has 1 rings (SSSR count). The fraction of sp³-hybridized carbons (Fsp3) is 0.889. The van der Waals surface area contributed by atoms with Gasteiger partial charge in [0, 0.05) is 0 Å². The van der Waals surface area contributed by atoms with Crippen molar-refractivity contribution in [2.75, 3.05) is 20.2 Å². The highest BCUT2D eigenvalue weighted by Gasteiger charge is 2.43. The highest BCUT2D eigenvalue weighted by Crippen LogP contribution is 2.29. The van der Waals surface area contributed by atoms with Gasteiger partial charge in [0.05, 0.1) is 7.11 Å². The van der Waals surface area contributed by atoms with Gasteiger partial charge in [-0.15, -0.1) is 0 Å². The predicted octanol–water partition coefficient (Wildman–Crippen LogP) is 1.03. The summed E-state index contributed by atoms with van der Waals surface area (Å²) < 4.78 is 4.79. The number of likely N-dealkylation sites (tertiary alicyclic amines) is 1. The molecule has 1 fully saturated rings. The number of ether oxygens (including phenoxy) is 1. The summed E-state index contributed by atoms with van der Waals surface area (Å²) >= 11 is 0. The van der Waals surface area contributed by atoms with Gasteiger partial charge in [-0.2, -0.15) is 0 Å². The first-order chi connectivity index (χ1) is 5.65. The fourth-order valence-electron chi connectivity index (χ4n) is 1.98. The molecule has 1 aliphatic heterocycles. The maximum absolute atomic E-state index is 11.4. The first-order valence-corrected chi connectivity index (χ1v) is 4.48. The fourth-order valence-corrected chi connectivity index (χ4v) is 1.98. The molecule has 0 bridgehead atoms. The van der Waals surface area contributed by atoms with Crippen LogP contribution in [0.1, 0.15) is 26.7 Å². The lowest BCUT2D eigenvalue weighted by molar-refractivity contribution is -0.152. The van der Waals surface area contributed by atoms with Crippen LogP contribution in [-0.2, 0) is 9.53 Å². The predicted molar refractivity (Wildman–Crippen MR) is 46.9 cm³/mol. The van der Waals surface area contributed by atoms with Crippen molar-refractivity contribution >= 4 is 5.97 Å². The Bertz CT molecular complexity index is 181. The monoisotopic (exact) mass is 171 g/mol. The van der Waals surface area contributed by atoms with Crippen LogP contribution in [0, 0.1) is 0 Å². The molecule has 3 nitrogen and oxygen atoms in total. The van der Waals surface area contributed by atoms with E-state index in [2.05, 4.69) is 11.8 Å². The molecule has 1 unspecified atom stereocenters. The van der Waals surface area contributed by atoms with Crippen molar-refractivity contribution in [3.8, 4) is 0 Å². The first-order valence-electron chi connectivity index (χ1n) is 4.48. The zero-order valence-electron chi connectivity index (χ0n) is 8.09. The molecule has 1 atom stereocenters. The molecule has 1 heterocycles. The average molecular weight is 171 g/mol. The van der Waals surface area contributed by atoms with Gasteiger partial charge in [-0.05, 0) is 32.9 Å². The van der Waals surface area contributed by atoms with E-state index in [0.717, 1.165) is 25.9 Å². The Hall–Kier alpha value is -0.570. The van der Waals surface area contributed by atoms with Crippen molar-refractivity contribution < 1.29 is 9.53 Å². The molecule has 70 valence electrons. The number of likely N-dealkylation sites (N-methyl/N-ethyl adjacent to an activating group) is 1. The Morgan fingerprint density at radius 2 is 2.33 bits per heavy atom. The zero-order valence-corrected chi connectivity index (χ0v) is 8.09. The topological polar surface area (TPSA) is 29.5 Å². The summed E-state index contributed by atoms with van der Waals surface area (Å²) in [5.41, 5.74) is -0.358. The SMILES string of the molecule is CCN1CCCC1(C)C(=O)OC. The molecule has 0 aromatic carbocycles. The van der Waals surface area contributed by atoms with Gasteiger partial charge >= 0.3 is 5.97 Å². The lowest BCUT2D eigenvalue weighted by Crippen LogP contribution is -2.48. The molecule has 0 radical (unpaired) electrons. The van der Waals surface area contributed by atoms with Crippen molar-refractivity contribution in [1.82, 2.24) is 4.90 Å². The molecule has 0 aromatic heterocycles. The van der Waals surface area contributed by atoms with E-state index in [0.29, 0.717) is 0 Å². The highest BCUT2D eigenvalue weighted by atomic mass is 16.5. The van der Waals surface area contributed by atoms with E-state index in [4.69, 9.17) is 4.74 Å². The van der Waals surface area contributed by atoms with Crippen molar-refractivity contribution in [3.63, 3.8) is 0 Å². The van der Waals surface area contributed by atoms with Crippen molar-refractivity contribution in [2.45, 2.75) is 32.2 Å². The second kappa shape index (κ2) is 3.44. The van der Waals surface area contributed by atoms with Crippen LogP contribution in [-0.4, -0.2) is 36.6 Å². The van der Waals surface area contributed by atoms with Crippen LogP contribution in [0.15, 0.2) is 0 Å². The van der Waals surface area contributed by atoms with E-state index in [1.165, 1.54) is 7.11 Å². The van der Waals surface area contributed by atoms with Crippen LogP contribution in [0.5, 0.6) is 0 Å². The minimum Gasteiger partial charge on any atom is -0.468 e. The second-order valence-electron chi connectivity index (χ2n) is 3.45. The first kappa shape index (κ1) is 9.52. The van der Waals surface area contributed by atoms with Crippen LogP contribution in [0.25, 0.3) is 0 Å². The van der Waals surface area contributed by atoms with Gasteiger partial charge in [-0.1, -0.05) is 6.92 Å². The minimum atomic E-state index is -0.358. The average Bonchev–Trinajstić information content (AvgIpc) is 2.46. The molecular formula is C9H17NO2. The Kier molecular flexibility index (Phi) is 2.73. The van der Waals surface area contributed by atoms with E-state index in [1.54, 1.807) is 0 Å². The third-order valence-electron chi connectivity index (χ3n) is 2.80. The number of nitrogens with zero attached hydrogens (tertiary/aromatic N) is 1. The van der Waals surface area contributed by atoms with Crippen LogP contribution in [0.3, 0.4) is 0 Å². The summed E-state index contributed by atoms with van der Waals surface area (Å²) in [5, 5.41) is 0. The molecule has 0 saturated carbocycles. The van der Waals surface area contributed by atoms with Gasteiger partial charge in [0.25, 0.3) is 0 Å². The summed E-state index contributed by atoms with van der Waals surface area (Å²) in [6.07, 6.45) is 2.02. The van der Waals surface area contributed by atoms with Gasteiger partial charge in [0.2, 0.25) is 0 Å². The highest BCUT2D eigenvalue weighted by molar-refractivity contribution is 5.80. The van der Waals surface area contributed by atoms with Gasteiger partial charge < -0.3 is 4.74 Å². The van der Waals surface area contributed by atoms with Crippen LogP contribution >= 0.6 is 0 Å². The van der Waals surface area contributed by atoms with E-state index in [1.807, 2.05) is 6.92 Å². The van der Waals surface area contributed by atoms with Gasteiger partial charge in [-0.3, -0.25) is 9.69 Å². The van der Waals surface area contributed by atoms with Crippen LogP contribution in [0.4, 0.5) is 0 Å². The Labute approximate surface area is 73.7 Å². The van der Waals surface area contributed by atoms with Crippen molar-refractivity contribution in [3.05, 3.63) is 0 Å². The lowest BCUT2D eigenvalue weighted by atomic mass is 9.99. The summed E-state index contributed by atoms with van der Waals surface area (Å²) in [6.45, 7) is 5.98. The van der Waals surface area contributed by atoms with Crippen molar-refractivity contribution in [2.24, 2.45) is 0 Å². The molecule has 0 aliphatic carbocycles. The standard InChI is InChI=1S/C9H17NO2/c1-4-10-7-5-6-9(10,2)8(11)12-3/h4-7H2,1-3H3. The summed E-state index contributed by atoms with van der Waals surface area (Å²) in [5.74, 6) is -0.0955. The summed E-state index contributed by atoms with van der Waals surface area (Å²) in [7, 11) is 1.46. The minimum absolute atomic E-state index is 0.0955. The molecular weight excluding hydrogens is 154 g/mol. The number of hydrogen-bond donors (Lipinski definition) is 0. The number of carbonyl (C=O) groups excluding carboxylic acids is 1. The van der Waals surface area contributed by atoms with E-state index >= 15 is 0 Å². The lowest BCUT2D eigenvalue weighted by Gasteiger charge is -2.31. The maximum atomic E-state index is 11.4. The summed E-state index contributed by atoms with van der Waals surface area (Å²) in [4.78, 5) is 13.6. The van der Waals surface area contributed by atoms with E-state index < -0.39 is 0 Å². The maximum Gasteiger partial charge on any atom is 0.325 e. The van der Waals surface area contributed by atoms with Crippen molar-refractivity contribution in [1.29, 1.82) is 0 Å². The van der Waals surface area contributed by atoms with Gasteiger partial charge in [0.15, 0.2) is 0 Å². The number of methoxy groups -OCH3 is 1. The van der Waals surface area contributed by atoms with E-state index in [9.17, 15) is 4.79 Å². The molecule has 0 amide bonds. The number of hydrogen-bond acceptors (Lipinski definition) is 3. The molecule has 1 aliphatic rings. The van der Waals surface area contributed by atoms with E-state index in [-0.39, 0.29) is 11.5 Å². The number of carbonyl (C=O) groups is 1. The molecule has 0 aromatic rings. The van der Waals surface area contributed by atoms with Crippen LogP contribution in [0.2, 0.25) is 0 Å². The van der Waals surface area contributed by atoms with Gasteiger partial charge in [0.1, 0.15) is 5.54 Å². The Balaban J connectivity index is 2.74. The molecule has 3 heteroatoms. The smallest absolute Gasteiger partial charge is 0.325 e. The summed E-state index contributed by atoms with van der Waals surface area (Å²) in [6, 6.07) is 0. The molecule has 0 N–H and O–H groups in total. The van der Waals surface area contributed by atoms with Gasteiger partial charge in [-0.25, -0.2) is 0 Å². The largest absolute Gasteiger partial charge is 0.468 e. The quantitative estimate of drug-likeness (QED) is 0.581. The Morgan fingerprint density at radius 1 is 1.67 bits per heavy atom. The third-order valence-corrected chi connectivity index (χ3v) is 2.80. The zero-order chi connectivity index (χ0) is 9.19. The molecule has 1 saturated heterocycles. The molecule has 0 spiro atoms. The number of rotatable bonds is 2. The molecule has 12 heavy (non-hydrogen) atoms. The number of esters is 1. The van der Waals surface area contributed by atoms with Crippen LogP contribution < -0.4 is 0 Å². The second-order valence-corrected chi connectivity index (χ2v) is 3.45. The third kappa shape index (κ3) is 1.33. The Morgan fingerprint density at radius 3 is 2.83 bits per heavy atom. The normalized spacial score (nSPS) is 30.6.